The molecule has 0 heterocycles. The maximum atomic E-state index is 12.7. The molecule has 0 saturated carbocycles. The summed E-state index contributed by atoms with van der Waals surface area (Å²) < 4.78 is 27.9. The van der Waals surface area contributed by atoms with E-state index in [1.165, 1.54) is 12.1 Å². The highest BCUT2D eigenvalue weighted by molar-refractivity contribution is 7.92. The summed E-state index contributed by atoms with van der Waals surface area (Å²) >= 11 is 0. The maximum absolute atomic E-state index is 12.7. The second-order valence-corrected chi connectivity index (χ2v) is 8.33. The van der Waals surface area contributed by atoms with Gasteiger partial charge in [-0.2, -0.15) is 0 Å². The number of nitro groups is 1. The molecular weight excluding hydrogens is 366 g/mol. The average Bonchev–Trinajstić information content (AvgIpc) is 3.10. The number of nitro benzene ring substituents is 1. The van der Waals surface area contributed by atoms with Crippen molar-refractivity contribution in [1.82, 2.24) is 0 Å². The van der Waals surface area contributed by atoms with E-state index < -0.39 is 14.9 Å². The highest BCUT2D eigenvalue weighted by Gasteiger charge is 2.23. The Bertz CT molecular complexity index is 1010. The van der Waals surface area contributed by atoms with Crippen LogP contribution in [0.25, 0.3) is 0 Å². The zero-order valence-corrected chi connectivity index (χ0v) is 15.9. The van der Waals surface area contributed by atoms with Crippen molar-refractivity contribution in [3.8, 4) is 0 Å². The van der Waals surface area contributed by atoms with E-state index in [2.05, 4.69) is 10.0 Å². The smallest absolute Gasteiger partial charge is 0.293 e. The standard InChI is InChI=1S/C19H21N3O4S/c1-13-7-9-17(14(2)11-13)21-27(25,26)16-8-10-18(19(12-16)22(23)24)20-15-5-3-4-6-15/h3-4,7-12,15,20-21H,5-6H2,1-2H3. The summed E-state index contributed by atoms with van der Waals surface area (Å²) in [6.45, 7) is 3.72. The van der Waals surface area contributed by atoms with Crippen molar-refractivity contribution in [3.63, 3.8) is 0 Å². The van der Waals surface area contributed by atoms with Crippen LogP contribution in [0.5, 0.6) is 0 Å². The number of sulfonamides is 1. The monoisotopic (exact) mass is 387 g/mol. The Kier molecular flexibility index (Phi) is 5.18. The van der Waals surface area contributed by atoms with Crippen LogP contribution in [0.1, 0.15) is 24.0 Å². The third-order valence-corrected chi connectivity index (χ3v) is 5.83. The zero-order chi connectivity index (χ0) is 19.6. The van der Waals surface area contributed by atoms with Gasteiger partial charge in [0.15, 0.2) is 0 Å². The van der Waals surface area contributed by atoms with E-state index in [1.807, 2.05) is 25.1 Å². The van der Waals surface area contributed by atoms with Crippen LogP contribution in [0.15, 0.2) is 53.4 Å². The van der Waals surface area contributed by atoms with Crippen LogP contribution in [0, 0.1) is 24.0 Å². The fourth-order valence-electron chi connectivity index (χ4n) is 3.04. The molecular formula is C19H21N3O4S. The third-order valence-electron chi connectivity index (χ3n) is 4.47. The van der Waals surface area contributed by atoms with Crippen LogP contribution in [0.4, 0.5) is 17.1 Å². The lowest BCUT2D eigenvalue weighted by atomic mass is 10.1. The van der Waals surface area contributed by atoms with Crippen LogP contribution < -0.4 is 10.0 Å². The van der Waals surface area contributed by atoms with Gasteiger partial charge >= 0.3 is 0 Å². The SMILES string of the molecule is Cc1ccc(NS(=O)(=O)c2ccc(NC3CC=CC3)c([N+](=O)[O-])c2)c(C)c1. The van der Waals surface area contributed by atoms with E-state index in [1.54, 1.807) is 19.1 Å². The van der Waals surface area contributed by atoms with Gasteiger partial charge in [0, 0.05) is 12.1 Å². The minimum absolute atomic E-state index is 0.0829. The minimum atomic E-state index is -3.94. The Morgan fingerprint density at radius 1 is 1.04 bits per heavy atom. The summed E-state index contributed by atoms with van der Waals surface area (Å²) in [5.74, 6) is 0. The first-order valence-electron chi connectivity index (χ1n) is 8.56. The first-order chi connectivity index (χ1) is 12.8. The lowest BCUT2D eigenvalue weighted by Crippen LogP contribution is -2.17. The van der Waals surface area contributed by atoms with Crippen LogP contribution in [-0.4, -0.2) is 19.4 Å². The van der Waals surface area contributed by atoms with Gasteiger partial charge in [0.2, 0.25) is 0 Å². The molecule has 0 spiro atoms. The summed E-state index contributed by atoms with van der Waals surface area (Å²) in [5.41, 5.74) is 2.30. The van der Waals surface area contributed by atoms with Gasteiger partial charge in [0.25, 0.3) is 15.7 Å². The van der Waals surface area contributed by atoms with E-state index in [0.717, 1.165) is 30.0 Å². The second kappa shape index (κ2) is 7.40. The van der Waals surface area contributed by atoms with Crippen molar-refractivity contribution in [3.05, 3.63) is 69.8 Å². The van der Waals surface area contributed by atoms with Crippen molar-refractivity contribution in [2.24, 2.45) is 0 Å². The van der Waals surface area contributed by atoms with Crippen molar-refractivity contribution in [2.45, 2.75) is 37.6 Å². The molecule has 0 atom stereocenters. The van der Waals surface area contributed by atoms with Gasteiger partial charge in [0.05, 0.1) is 15.5 Å². The second-order valence-electron chi connectivity index (χ2n) is 6.64. The molecule has 0 radical (unpaired) electrons. The average molecular weight is 387 g/mol. The highest BCUT2D eigenvalue weighted by atomic mass is 32.2. The van der Waals surface area contributed by atoms with E-state index >= 15 is 0 Å². The van der Waals surface area contributed by atoms with Gasteiger partial charge in [-0.1, -0.05) is 29.8 Å². The van der Waals surface area contributed by atoms with Gasteiger partial charge in [-0.3, -0.25) is 14.8 Å². The largest absolute Gasteiger partial charge is 0.376 e. The molecule has 0 bridgehead atoms. The molecule has 27 heavy (non-hydrogen) atoms. The molecule has 2 aromatic rings. The van der Waals surface area contributed by atoms with Crippen molar-refractivity contribution in [1.29, 1.82) is 0 Å². The third kappa shape index (κ3) is 4.28. The van der Waals surface area contributed by atoms with Gasteiger partial charge < -0.3 is 5.32 Å². The molecule has 0 unspecified atom stereocenters. The summed E-state index contributed by atoms with van der Waals surface area (Å²) in [7, 11) is -3.94. The first kappa shape index (κ1) is 18.9. The fourth-order valence-corrected chi connectivity index (χ4v) is 4.19. The summed E-state index contributed by atoms with van der Waals surface area (Å²) in [4.78, 5) is 10.7. The van der Waals surface area contributed by atoms with Crippen LogP contribution >= 0.6 is 0 Å². The number of anilines is 2. The number of benzene rings is 2. The summed E-state index contributed by atoms with van der Waals surface area (Å²) in [6, 6.07) is 9.35. The number of hydrogen-bond donors (Lipinski definition) is 2. The molecule has 2 aromatic carbocycles. The molecule has 0 aliphatic heterocycles. The van der Waals surface area contributed by atoms with Crippen LogP contribution in [0.2, 0.25) is 0 Å². The lowest BCUT2D eigenvalue weighted by molar-refractivity contribution is -0.384. The van der Waals surface area contributed by atoms with Gasteiger partial charge in [-0.25, -0.2) is 8.42 Å². The zero-order valence-electron chi connectivity index (χ0n) is 15.1. The van der Waals surface area contributed by atoms with Crippen LogP contribution in [0.3, 0.4) is 0 Å². The van der Waals surface area contributed by atoms with Gasteiger partial charge in [-0.05, 0) is 50.5 Å². The van der Waals surface area contributed by atoms with Crippen molar-refractivity contribution in [2.75, 3.05) is 10.0 Å². The fraction of sp³-hybridized carbons (Fsp3) is 0.263. The first-order valence-corrected chi connectivity index (χ1v) is 10.0. The Morgan fingerprint density at radius 2 is 1.70 bits per heavy atom. The van der Waals surface area contributed by atoms with Crippen LogP contribution in [-0.2, 0) is 10.0 Å². The van der Waals surface area contributed by atoms with Crippen molar-refractivity contribution >= 4 is 27.1 Å². The Balaban J connectivity index is 1.90. The maximum Gasteiger partial charge on any atom is 0.293 e. The van der Waals surface area contributed by atoms with Crippen molar-refractivity contribution < 1.29 is 13.3 Å². The Morgan fingerprint density at radius 3 is 2.33 bits per heavy atom. The quantitative estimate of drug-likeness (QED) is 0.441. The Hall–Kier alpha value is -2.87. The van der Waals surface area contributed by atoms with E-state index in [0.29, 0.717) is 11.4 Å². The molecule has 1 aliphatic rings. The van der Waals surface area contributed by atoms with Gasteiger partial charge in [0.1, 0.15) is 5.69 Å². The molecule has 0 fully saturated rings. The molecule has 142 valence electrons. The normalized spacial score (nSPS) is 14.3. The predicted molar refractivity (Wildman–Crippen MR) is 106 cm³/mol. The van der Waals surface area contributed by atoms with Gasteiger partial charge in [-0.15, -0.1) is 0 Å². The number of aryl methyl sites for hydroxylation is 2. The molecule has 7 nitrogen and oxygen atoms in total. The minimum Gasteiger partial charge on any atom is -0.376 e. The molecule has 2 N–H and O–H groups in total. The molecule has 0 amide bonds. The van der Waals surface area contributed by atoms with E-state index in [4.69, 9.17) is 0 Å². The molecule has 8 heteroatoms. The number of nitrogens with one attached hydrogen (secondary N) is 2. The molecule has 0 aromatic heterocycles. The van der Waals surface area contributed by atoms with E-state index in [9.17, 15) is 18.5 Å². The molecule has 0 saturated heterocycles. The molecule has 3 rings (SSSR count). The predicted octanol–water partition coefficient (Wildman–Crippen LogP) is 4.14. The number of nitrogens with zero attached hydrogens (tertiary/aromatic N) is 1. The number of hydrogen-bond acceptors (Lipinski definition) is 5. The highest BCUT2D eigenvalue weighted by Crippen LogP contribution is 2.31. The van der Waals surface area contributed by atoms with E-state index in [-0.39, 0.29) is 16.6 Å². The lowest BCUT2D eigenvalue weighted by Gasteiger charge is -2.15. The molecule has 1 aliphatic carbocycles. The summed E-state index contributed by atoms with van der Waals surface area (Å²) in [5, 5.41) is 14.6. The summed E-state index contributed by atoms with van der Waals surface area (Å²) in [6.07, 6.45) is 5.59. The Labute approximate surface area is 158 Å². The number of rotatable bonds is 6. The topological polar surface area (TPSA) is 101 Å².